The number of thioether (sulfide) groups is 1. The fraction of sp³-hybridized carbons (Fsp3) is 0.438. The second-order valence-electron chi connectivity index (χ2n) is 5.49. The van der Waals surface area contributed by atoms with E-state index in [1.165, 1.54) is 24.2 Å². The van der Waals surface area contributed by atoms with E-state index in [2.05, 4.69) is 4.98 Å². The number of carbonyl (C=O) groups is 4. The zero-order valence-corrected chi connectivity index (χ0v) is 14.0. The Morgan fingerprint density at radius 1 is 1.42 bits per heavy atom. The molecule has 0 aliphatic carbocycles. The predicted octanol–water partition coefficient (Wildman–Crippen LogP) is 1.38. The Morgan fingerprint density at radius 2 is 2.17 bits per heavy atom. The third-order valence-corrected chi connectivity index (χ3v) is 4.74. The van der Waals surface area contributed by atoms with Crippen LogP contribution in [0.3, 0.4) is 0 Å². The molecule has 128 valence electrons. The number of likely N-dealkylation sites (tertiary alicyclic amines) is 1. The second-order valence-corrected chi connectivity index (χ2v) is 6.87. The molecule has 1 N–H and O–H groups in total. The normalized spacial score (nSPS) is 18.2. The second kappa shape index (κ2) is 8.05. The number of rotatable bonds is 6. The quantitative estimate of drug-likeness (QED) is 0.773. The number of carboxylic acid groups (broad SMARTS) is 1. The molecule has 24 heavy (non-hydrogen) atoms. The van der Waals surface area contributed by atoms with Crippen molar-refractivity contribution < 1.29 is 24.3 Å². The van der Waals surface area contributed by atoms with Gasteiger partial charge in [0.15, 0.2) is 10.9 Å². The molecule has 1 aromatic rings. The summed E-state index contributed by atoms with van der Waals surface area (Å²) in [5, 5.41) is 8.00. The topological polar surface area (TPSA) is 105 Å². The molecule has 0 aromatic carbocycles. The average molecular weight is 350 g/mol. The highest BCUT2D eigenvalue weighted by Crippen LogP contribution is 2.25. The molecule has 1 aliphatic heterocycles. The fourth-order valence-electron chi connectivity index (χ4n) is 2.67. The largest absolute Gasteiger partial charge is 0.480 e. The summed E-state index contributed by atoms with van der Waals surface area (Å²) in [7, 11) is 0. The van der Waals surface area contributed by atoms with Crippen molar-refractivity contribution in [1.29, 1.82) is 0 Å². The van der Waals surface area contributed by atoms with Crippen molar-refractivity contribution in [3.8, 4) is 0 Å². The zero-order chi connectivity index (χ0) is 17.7. The molecule has 8 heteroatoms. The number of nitrogens with zero attached hydrogens (tertiary/aromatic N) is 2. The SMILES string of the molecule is CC(=O)SC(CC(=O)c1cccnc1)C(=O)N1CCC[C@H]1C(=O)O. The summed E-state index contributed by atoms with van der Waals surface area (Å²) < 4.78 is 0. The third kappa shape index (κ3) is 4.41. The summed E-state index contributed by atoms with van der Waals surface area (Å²) in [5.41, 5.74) is 0.357. The molecule has 1 fully saturated rings. The number of ketones is 1. The number of hydrogen-bond donors (Lipinski definition) is 1. The summed E-state index contributed by atoms with van der Waals surface area (Å²) in [5.74, 6) is -1.84. The van der Waals surface area contributed by atoms with Gasteiger partial charge in [-0.1, -0.05) is 11.8 Å². The number of aliphatic carboxylic acids is 1. The Hall–Kier alpha value is -2.22. The van der Waals surface area contributed by atoms with Gasteiger partial charge in [0.2, 0.25) is 5.91 Å². The molecule has 2 rings (SSSR count). The number of carboxylic acids is 1. The van der Waals surface area contributed by atoms with Crippen molar-refractivity contribution in [2.24, 2.45) is 0 Å². The van der Waals surface area contributed by atoms with Crippen LogP contribution < -0.4 is 0 Å². The summed E-state index contributed by atoms with van der Waals surface area (Å²) in [6.07, 6.45) is 3.74. The Kier molecular flexibility index (Phi) is 6.08. The van der Waals surface area contributed by atoms with Crippen molar-refractivity contribution in [2.45, 2.75) is 37.5 Å². The Morgan fingerprint density at radius 3 is 2.75 bits per heavy atom. The van der Waals surface area contributed by atoms with Gasteiger partial charge in [0.25, 0.3) is 0 Å². The van der Waals surface area contributed by atoms with Gasteiger partial charge in [-0.05, 0) is 25.0 Å². The van der Waals surface area contributed by atoms with Crippen molar-refractivity contribution in [1.82, 2.24) is 9.88 Å². The number of carbonyl (C=O) groups excluding carboxylic acids is 3. The number of amides is 1. The van der Waals surface area contributed by atoms with E-state index >= 15 is 0 Å². The van der Waals surface area contributed by atoms with E-state index in [1.807, 2.05) is 0 Å². The van der Waals surface area contributed by atoms with Gasteiger partial charge in [0.1, 0.15) is 6.04 Å². The van der Waals surface area contributed by atoms with E-state index in [9.17, 15) is 24.3 Å². The van der Waals surface area contributed by atoms with Crippen LogP contribution in [-0.2, 0) is 14.4 Å². The van der Waals surface area contributed by atoms with E-state index in [4.69, 9.17) is 0 Å². The molecule has 1 amide bonds. The van der Waals surface area contributed by atoms with Crippen molar-refractivity contribution in [3.05, 3.63) is 30.1 Å². The summed E-state index contributed by atoms with van der Waals surface area (Å²) >= 11 is 0.767. The maximum absolute atomic E-state index is 12.7. The van der Waals surface area contributed by atoms with Gasteiger partial charge < -0.3 is 10.0 Å². The van der Waals surface area contributed by atoms with Crippen LogP contribution in [0.1, 0.15) is 36.5 Å². The van der Waals surface area contributed by atoms with Crippen molar-refractivity contribution in [3.63, 3.8) is 0 Å². The van der Waals surface area contributed by atoms with Gasteiger partial charge in [0.05, 0.1) is 5.25 Å². The first-order chi connectivity index (χ1) is 11.4. The molecule has 2 atom stereocenters. The molecule has 0 bridgehead atoms. The lowest BCUT2D eigenvalue weighted by molar-refractivity contribution is -0.148. The van der Waals surface area contributed by atoms with Gasteiger partial charge >= 0.3 is 5.97 Å². The first-order valence-electron chi connectivity index (χ1n) is 7.54. The minimum atomic E-state index is -1.06. The summed E-state index contributed by atoms with van der Waals surface area (Å²) in [6, 6.07) is 2.31. The van der Waals surface area contributed by atoms with Crippen molar-refractivity contribution >= 4 is 34.5 Å². The van der Waals surface area contributed by atoms with E-state index in [0.29, 0.717) is 24.9 Å². The lowest BCUT2D eigenvalue weighted by Crippen LogP contribution is -2.45. The highest BCUT2D eigenvalue weighted by Gasteiger charge is 2.38. The third-order valence-electron chi connectivity index (χ3n) is 3.76. The standard InChI is InChI=1S/C16H18N2O5S/c1-10(19)24-14(8-13(20)11-4-2-6-17-9-11)15(21)18-7-3-5-12(18)16(22)23/h2,4,6,9,12,14H,3,5,7-8H2,1H3,(H,22,23)/t12-,14?/m0/s1. The van der Waals surface area contributed by atoms with E-state index in [0.717, 1.165) is 11.8 Å². The number of hydrogen-bond acceptors (Lipinski definition) is 6. The molecule has 0 radical (unpaired) electrons. The molecule has 1 aliphatic rings. The highest BCUT2D eigenvalue weighted by molar-refractivity contribution is 8.14. The summed E-state index contributed by atoms with van der Waals surface area (Å²) in [6.45, 7) is 1.64. The maximum Gasteiger partial charge on any atom is 0.326 e. The smallest absolute Gasteiger partial charge is 0.326 e. The van der Waals surface area contributed by atoms with E-state index in [1.54, 1.807) is 12.1 Å². The van der Waals surface area contributed by atoms with Crippen LogP contribution in [0.4, 0.5) is 0 Å². The first-order valence-corrected chi connectivity index (χ1v) is 8.42. The molecule has 0 saturated carbocycles. The molecule has 1 aromatic heterocycles. The number of aromatic nitrogens is 1. The maximum atomic E-state index is 12.7. The van der Waals surface area contributed by atoms with Gasteiger partial charge in [-0.15, -0.1) is 0 Å². The highest BCUT2D eigenvalue weighted by atomic mass is 32.2. The van der Waals surface area contributed by atoms with Gasteiger partial charge in [-0.25, -0.2) is 4.79 Å². The molecule has 7 nitrogen and oxygen atoms in total. The zero-order valence-electron chi connectivity index (χ0n) is 13.2. The number of pyridine rings is 1. The van der Waals surface area contributed by atoms with Crippen LogP contribution in [-0.4, -0.2) is 55.6 Å². The van der Waals surface area contributed by atoms with Crippen LogP contribution in [0, 0.1) is 0 Å². The van der Waals surface area contributed by atoms with Crippen LogP contribution in [0.2, 0.25) is 0 Å². The fourth-order valence-corrected chi connectivity index (χ4v) is 3.54. The average Bonchev–Trinajstić information content (AvgIpc) is 3.03. The minimum Gasteiger partial charge on any atom is -0.480 e. The molecular formula is C16H18N2O5S. The molecule has 0 spiro atoms. The van der Waals surface area contributed by atoms with E-state index < -0.39 is 23.2 Å². The number of Topliss-reactive ketones (excluding diaryl/α,β-unsaturated/α-hetero) is 1. The predicted molar refractivity (Wildman–Crippen MR) is 87.6 cm³/mol. The molecular weight excluding hydrogens is 332 g/mol. The van der Waals surface area contributed by atoms with Crippen molar-refractivity contribution in [2.75, 3.05) is 6.54 Å². The molecule has 2 heterocycles. The molecule has 1 unspecified atom stereocenters. The monoisotopic (exact) mass is 350 g/mol. The van der Waals surface area contributed by atoms with Gasteiger partial charge in [-0.2, -0.15) is 0 Å². The first kappa shape index (κ1) is 18.1. The Labute approximate surface area is 143 Å². The van der Waals surface area contributed by atoms with E-state index in [-0.39, 0.29) is 17.3 Å². The van der Waals surface area contributed by atoms with Crippen LogP contribution >= 0.6 is 11.8 Å². The van der Waals surface area contributed by atoms with Crippen LogP contribution in [0.25, 0.3) is 0 Å². The van der Waals surface area contributed by atoms with Gasteiger partial charge in [0, 0.05) is 37.8 Å². The lowest BCUT2D eigenvalue weighted by Gasteiger charge is -2.25. The Balaban J connectivity index is 2.15. The van der Waals surface area contributed by atoms with Crippen LogP contribution in [0.5, 0.6) is 0 Å². The minimum absolute atomic E-state index is 0.169. The molecule has 1 saturated heterocycles. The lowest BCUT2D eigenvalue weighted by atomic mass is 10.1. The van der Waals surface area contributed by atoms with Crippen LogP contribution in [0.15, 0.2) is 24.5 Å². The Bertz CT molecular complexity index is 649. The summed E-state index contributed by atoms with van der Waals surface area (Å²) in [4.78, 5) is 52.9. The van der Waals surface area contributed by atoms with Gasteiger partial charge in [-0.3, -0.25) is 19.4 Å².